The molecule has 0 fully saturated rings. The van der Waals surface area contributed by atoms with Gasteiger partial charge in [0.2, 0.25) is 0 Å². The van der Waals surface area contributed by atoms with E-state index in [4.69, 9.17) is 17.3 Å². The molecule has 0 saturated carbocycles. The Morgan fingerprint density at radius 3 is 2.31 bits per heavy atom. The maximum Gasteiger partial charge on any atom is 0.151 e. The van der Waals surface area contributed by atoms with E-state index in [0.717, 1.165) is 0 Å². The van der Waals surface area contributed by atoms with Crippen LogP contribution in [0.2, 0.25) is 5.02 Å². The average molecular weight is 206 g/mol. The predicted octanol–water partition coefficient (Wildman–Crippen LogP) is 3.07. The summed E-state index contributed by atoms with van der Waals surface area (Å²) in [5.74, 6) is -1.23. The Hall–Kier alpha value is -0.830. The molecular weight excluding hydrogens is 196 g/mol. The van der Waals surface area contributed by atoms with Gasteiger partial charge in [-0.05, 0) is 13.3 Å². The van der Waals surface area contributed by atoms with Gasteiger partial charge in [-0.2, -0.15) is 0 Å². The van der Waals surface area contributed by atoms with Gasteiger partial charge in [0.15, 0.2) is 5.82 Å². The van der Waals surface area contributed by atoms with Crippen molar-refractivity contribution in [3.05, 3.63) is 27.8 Å². The Balaban J connectivity index is 3.56. The lowest BCUT2D eigenvalue weighted by Crippen LogP contribution is -2.03. The number of halogens is 3. The van der Waals surface area contributed by atoms with Crippen molar-refractivity contribution >= 4 is 17.3 Å². The normalized spacial score (nSPS) is 10.5. The van der Waals surface area contributed by atoms with E-state index in [9.17, 15) is 8.78 Å². The van der Waals surface area contributed by atoms with Gasteiger partial charge in [0.05, 0.1) is 10.7 Å². The molecule has 0 radical (unpaired) electrons. The Bertz CT molecular complexity index is 321. The zero-order valence-electron chi connectivity index (χ0n) is 7.42. The molecule has 4 heteroatoms. The molecule has 72 valence electrons. The highest BCUT2D eigenvalue weighted by Crippen LogP contribution is 2.31. The molecule has 0 bridgehead atoms. The third kappa shape index (κ3) is 1.48. The van der Waals surface area contributed by atoms with Crippen molar-refractivity contribution in [1.29, 1.82) is 0 Å². The largest absolute Gasteiger partial charge is 0.396 e. The Labute approximate surface area is 80.5 Å². The maximum absolute atomic E-state index is 13.3. The standard InChI is InChI=1S/C9H10ClF2N/c1-3-5-6(10)7(11)4(2)9(13)8(5)12/h3,13H2,1-2H3. The van der Waals surface area contributed by atoms with Crippen LogP contribution >= 0.6 is 11.6 Å². The first kappa shape index (κ1) is 10.3. The molecule has 0 aromatic heterocycles. The number of benzene rings is 1. The molecule has 0 amide bonds. The lowest BCUT2D eigenvalue weighted by Gasteiger charge is -2.10. The first-order chi connectivity index (χ1) is 6.00. The first-order valence-electron chi connectivity index (χ1n) is 3.92. The minimum absolute atomic E-state index is 0.0692. The summed E-state index contributed by atoms with van der Waals surface area (Å²) < 4.78 is 26.6. The van der Waals surface area contributed by atoms with Crippen LogP contribution in [-0.2, 0) is 6.42 Å². The number of hydrogen-bond acceptors (Lipinski definition) is 1. The van der Waals surface area contributed by atoms with Crippen LogP contribution < -0.4 is 5.73 Å². The van der Waals surface area contributed by atoms with E-state index in [1.54, 1.807) is 6.92 Å². The fourth-order valence-corrected chi connectivity index (χ4v) is 1.51. The van der Waals surface area contributed by atoms with E-state index in [0.29, 0.717) is 6.42 Å². The van der Waals surface area contributed by atoms with Crippen LogP contribution in [0.1, 0.15) is 18.1 Å². The summed E-state index contributed by atoms with van der Waals surface area (Å²) in [6, 6.07) is 0. The summed E-state index contributed by atoms with van der Waals surface area (Å²) in [5.41, 5.74) is 5.41. The van der Waals surface area contributed by atoms with E-state index >= 15 is 0 Å². The van der Waals surface area contributed by atoms with E-state index in [1.807, 2.05) is 0 Å². The van der Waals surface area contributed by atoms with Crippen molar-refractivity contribution in [2.75, 3.05) is 5.73 Å². The molecule has 13 heavy (non-hydrogen) atoms. The van der Waals surface area contributed by atoms with Gasteiger partial charge in [0.25, 0.3) is 0 Å². The summed E-state index contributed by atoms with van der Waals surface area (Å²) in [6.45, 7) is 3.09. The lowest BCUT2D eigenvalue weighted by molar-refractivity contribution is 0.585. The Morgan fingerprint density at radius 2 is 1.85 bits per heavy atom. The summed E-state index contributed by atoms with van der Waals surface area (Å²) in [6.07, 6.45) is 0.325. The SMILES string of the molecule is CCc1c(F)c(N)c(C)c(F)c1Cl. The zero-order valence-corrected chi connectivity index (χ0v) is 8.17. The van der Waals surface area contributed by atoms with Gasteiger partial charge in [-0.15, -0.1) is 0 Å². The van der Waals surface area contributed by atoms with Gasteiger partial charge in [-0.3, -0.25) is 0 Å². The first-order valence-corrected chi connectivity index (χ1v) is 4.29. The van der Waals surface area contributed by atoms with Crippen LogP contribution in [0, 0.1) is 18.6 Å². The second kappa shape index (κ2) is 3.50. The summed E-state index contributed by atoms with van der Waals surface area (Å²) in [4.78, 5) is 0. The molecule has 0 unspecified atom stereocenters. The molecule has 1 aromatic rings. The highest BCUT2D eigenvalue weighted by Gasteiger charge is 2.17. The van der Waals surface area contributed by atoms with Gasteiger partial charge in [0, 0.05) is 11.1 Å². The van der Waals surface area contributed by atoms with Crippen LogP contribution in [0.15, 0.2) is 0 Å². The predicted molar refractivity (Wildman–Crippen MR) is 49.9 cm³/mol. The Kier molecular flexibility index (Phi) is 2.76. The highest BCUT2D eigenvalue weighted by molar-refractivity contribution is 6.31. The highest BCUT2D eigenvalue weighted by atomic mass is 35.5. The summed E-state index contributed by atoms with van der Waals surface area (Å²) in [5, 5.41) is -0.160. The van der Waals surface area contributed by atoms with E-state index < -0.39 is 11.6 Å². The molecule has 0 atom stereocenters. The van der Waals surface area contributed by atoms with Crippen LogP contribution in [0.25, 0.3) is 0 Å². The van der Waals surface area contributed by atoms with Gasteiger partial charge in [-0.1, -0.05) is 18.5 Å². The van der Waals surface area contributed by atoms with E-state index in [-0.39, 0.29) is 21.8 Å². The van der Waals surface area contributed by atoms with E-state index in [2.05, 4.69) is 0 Å². The monoisotopic (exact) mass is 205 g/mol. The van der Waals surface area contributed by atoms with Crippen LogP contribution in [0.4, 0.5) is 14.5 Å². The number of nitrogens with two attached hydrogens (primary N) is 1. The minimum Gasteiger partial charge on any atom is -0.396 e. The molecule has 2 N–H and O–H groups in total. The second-order valence-electron chi connectivity index (χ2n) is 2.81. The molecule has 0 heterocycles. The van der Waals surface area contributed by atoms with Crippen molar-refractivity contribution in [1.82, 2.24) is 0 Å². The second-order valence-corrected chi connectivity index (χ2v) is 3.19. The molecule has 0 spiro atoms. The fourth-order valence-electron chi connectivity index (χ4n) is 1.15. The molecule has 0 aliphatic heterocycles. The number of anilines is 1. The quantitative estimate of drug-likeness (QED) is 0.554. The Morgan fingerprint density at radius 1 is 1.31 bits per heavy atom. The van der Waals surface area contributed by atoms with Crippen molar-refractivity contribution in [2.45, 2.75) is 20.3 Å². The van der Waals surface area contributed by atoms with Crippen molar-refractivity contribution in [2.24, 2.45) is 0 Å². The maximum atomic E-state index is 13.3. The molecule has 0 aliphatic carbocycles. The summed E-state index contributed by atoms with van der Waals surface area (Å²) >= 11 is 5.61. The molecule has 1 nitrogen and oxygen atoms in total. The molecule has 0 saturated heterocycles. The fraction of sp³-hybridized carbons (Fsp3) is 0.333. The number of nitrogen functional groups attached to an aromatic ring is 1. The van der Waals surface area contributed by atoms with Crippen molar-refractivity contribution in [3.63, 3.8) is 0 Å². The number of rotatable bonds is 1. The van der Waals surface area contributed by atoms with Gasteiger partial charge >= 0.3 is 0 Å². The summed E-state index contributed by atoms with van der Waals surface area (Å²) in [7, 11) is 0. The van der Waals surface area contributed by atoms with Crippen LogP contribution in [0.5, 0.6) is 0 Å². The van der Waals surface area contributed by atoms with Gasteiger partial charge < -0.3 is 5.73 Å². The molecule has 1 rings (SSSR count). The van der Waals surface area contributed by atoms with Crippen LogP contribution in [0.3, 0.4) is 0 Å². The zero-order chi connectivity index (χ0) is 10.2. The van der Waals surface area contributed by atoms with Gasteiger partial charge in [-0.25, -0.2) is 8.78 Å². The third-order valence-corrected chi connectivity index (χ3v) is 2.44. The van der Waals surface area contributed by atoms with Crippen LogP contribution in [-0.4, -0.2) is 0 Å². The van der Waals surface area contributed by atoms with Crippen molar-refractivity contribution < 1.29 is 8.78 Å². The van der Waals surface area contributed by atoms with Crippen molar-refractivity contribution in [3.8, 4) is 0 Å². The molecule has 0 aliphatic rings. The van der Waals surface area contributed by atoms with E-state index in [1.165, 1.54) is 6.92 Å². The third-order valence-electron chi connectivity index (χ3n) is 2.05. The number of hydrogen-bond donors (Lipinski definition) is 1. The van der Waals surface area contributed by atoms with Gasteiger partial charge in [0.1, 0.15) is 5.82 Å². The average Bonchev–Trinajstić information content (AvgIpc) is 2.13. The topological polar surface area (TPSA) is 26.0 Å². The minimum atomic E-state index is -0.627. The molecular formula is C9H10ClF2N. The molecule has 1 aromatic carbocycles. The lowest BCUT2D eigenvalue weighted by atomic mass is 10.1. The smallest absolute Gasteiger partial charge is 0.151 e.